The SMILES string of the molecule is Cc1cc(C(=O)OCCSC(C)(C)C)nn1C. The van der Waals surface area contributed by atoms with Gasteiger partial charge in [-0.3, -0.25) is 4.68 Å². The lowest BCUT2D eigenvalue weighted by Crippen LogP contribution is -2.13. The monoisotopic (exact) mass is 256 g/mol. The summed E-state index contributed by atoms with van der Waals surface area (Å²) in [5.74, 6) is 0.462. The van der Waals surface area contributed by atoms with Crippen LogP contribution in [0.5, 0.6) is 0 Å². The molecule has 0 aliphatic rings. The average Bonchev–Trinajstić information content (AvgIpc) is 2.52. The van der Waals surface area contributed by atoms with Crippen LogP contribution < -0.4 is 0 Å². The van der Waals surface area contributed by atoms with Gasteiger partial charge in [-0.25, -0.2) is 4.79 Å². The molecule has 0 aliphatic heterocycles. The molecule has 0 fully saturated rings. The predicted molar refractivity (Wildman–Crippen MR) is 70.4 cm³/mol. The first-order chi connectivity index (χ1) is 7.79. The number of nitrogens with zero attached hydrogens (tertiary/aromatic N) is 2. The second kappa shape index (κ2) is 5.58. The minimum atomic E-state index is -0.344. The van der Waals surface area contributed by atoms with Gasteiger partial charge < -0.3 is 4.74 Å². The molecular weight excluding hydrogens is 236 g/mol. The summed E-state index contributed by atoms with van der Waals surface area (Å²) < 4.78 is 7.03. The Labute approximate surface area is 107 Å². The van der Waals surface area contributed by atoms with Crippen molar-refractivity contribution in [3.05, 3.63) is 17.5 Å². The first kappa shape index (κ1) is 14.1. The van der Waals surface area contributed by atoms with Crippen LogP contribution in [0.1, 0.15) is 37.0 Å². The van der Waals surface area contributed by atoms with E-state index >= 15 is 0 Å². The largest absolute Gasteiger partial charge is 0.460 e. The molecule has 1 aromatic heterocycles. The number of rotatable bonds is 4. The van der Waals surface area contributed by atoms with Crippen molar-refractivity contribution >= 4 is 17.7 Å². The van der Waals surface area contributed by atoms with Crippen LogP contribution in [-0.2, 0) is 11.8 Å². The molecule has 0 N–H and O–H groups in total. The zero-order chi connectivity index (χ0) is 13.1. The van der Waals surface area contributed by atoms with Gasteiger partial charge in [0.15, 0.2) is 5.69 Å². The lowest BCUT2D eigenvalue weighted by molar-refractivity contribution is 0.0522. The summed E-state index contributed by atoms with van der Waals surface area (Å²) in [5, 5.41) is 4.07. The predicted octanol–water partition coefficient (Wildman–Crippen LogP) is 2.42. The highest BCUT2D eigenvalue weighted by Gasteiger charge is 2.14. The van der Waals surface area contributed by atoms with Gasteiger partial charge in [0.25, 0.3) is 0 Å². The number of carbonyl (C=O) groups excluding carboxylic acids is 1. The van der Waals surface area contributed by atoms with Gasteiger partial charge in [0.1, 0.15) is 6.61 Å². The van der Waals surface area contributed by atoms with E-state index in [9.17, 15) is 4.79 Å². The normalized spacial score (nSPS) is 11.6. The van der Waals surface area contributed by atoms with Gasteiger partial charge in [0.2, 0.25) is 0 Å². The Balaban J connectivity index is 2.35. The number of carbonyl (C=O) groups is 1. The van der Waals surface area contributed by atoms with Crippen LogP contribution in [0.3, 0.4) is 0 Å². The molecule has 0 saturated heterocycles. The molecule has 0 radical (unpaired) electrons. The minimum absolute atomic E-state index is 0.202. The van der Waals surface area contributed by atoms with Crippen molar-refractivity contribution < 1.29 is 9.53 Å². The van der Waals surface area contributed by atoms with Crippen LogP contribution in [0.15, 0.2) is 6.07 Å². The summed E-state index contributed by atoms with van der Waals surface area (Å²) >= 11 is 1.78. The number of ether oxygens (including phenoxy) is 1. The van der Waals surface area contributed by atoms with E-state index < -0.39 is 0 Å². The third-order valence-electron chi connectivity index (χ3n) is 2.17. The van der Waals surface area contributed by atoms with Crippen LogP contribution in [0, 0.1) is 6.92 Å². The van der Waals surface area contributed by atoms with Gasteiger partial charge in [-0.2, -0.15) is 16.9 Å². The first-order valence-corrected chi connectivity index (χ1v) is 6.60. The summed E-state index contributed by atoms with van der Waals surface area (Å²) in [6, 6.07) is 1.74. The Morgan fingerprint density at radius 3 is 2.65 bits per heavy atom. The zero-order valence-electron chi connectivity index (χ0n) is 11.1. The molecule has 0 bridgehead atoms. The molecule has 1 aromatic rings. The molecule has 17 heavy (non-hydrogen) atoms. The second-order valence-corrected chi connectivity index (χ2v) is 6.81. The van der Waals surface area contributed by atoms with Crippen LogP contribution in [-0.4, -0.2) is 32.9 Å². The molecule has 96 valence electrons. The number of thioether (sulfide) groups is 1. The highest BCUT2D eigenvalue weighted by Crippen LogP contribution is 2.22. The molecule has 1 heterocycles. The number of aromatic nitrogens is 2. The molecule has 0 aliphatic carbocycles. The maximum atomic E-state index is 11.6. The number of hydrogen-bond acceptors (Lipinski definition) is 4. The molecule has 0 atom stereocenters. The topological polar surface area (TPSA) is 44.1 Å². The standard InChI is InChI=1S/C12H20N2O2S/c1-9-8-10(13-14(9)5)11(15)16-6-7-17-12(2,3)4/h8H,6-7H2,1-5H3. The van der Waals surface area contributed by atoms with E-state index in [2.05, 4.69) is 25.9 Å². The molecule has 0 amide bonds. The summed E-state index contributed by atoms with van der Waals surface area (Å²) in [7, 11) is 1.81. The van der Waals surface area contributed by atoms with Crippen molar-refractivity contribution in [3.8, 4) is 0 Å². The lowest BCUT2D eigenvalue weighted by atomic mass is 10.3. The van der Waals surface area contributed by atoms with Crippen LogP contribution in [0.25, 0.3) is 0 Å². The van der Waals surface area contributed by atoms with Crippen LogP contribution in [0.4, 0.5) is 0 Å². The Morgan fingerprint density at radius 1 is 1.53 bits per heavy atom. The van der Waals surface area contributed by atoms with Gasteiger partial charge in [-0.05, 0) is 13.0 Å². The Hall–Kier alpha value is -0.970. The number of esters is 1. The summed E-state index contributed by atoms with van der Waals surface area (Å²) in [6.45, 7) is 8.75. The van der Waals surface area contributed by atoms with Crippen LogP contribution in [0.2, 0.25) is 0 Å². The third kappa shape index (κ3) is 4.81. The molecule has 0 unspecified atom stereocenters. The molecular formula is C12H20N2O2S. The fourth-order valence-corrected chi connectivity index (χ4v) is 2.00. The minimum Gasteiger partial charge on any atom is -0.460 e. The molecule has 0 saturated carbocycles. The average molecular weight is 256 g/mol. The quantitative estimate of drug-likeness (QED) is 0.613. The van der Waals surface area contributed by atoms with Gasteiger partial charge in [-0.1, -0.05) is 20.8 Å². The number of hydrogen-bond donors (Lipinski definition) is 0. The smallest absolute Gasteiger partial charge is 0.358 e. The van der Waals surface area contributed by atoms with Gasteiger partial charge in [0.05, 0.1) is 0 Å². The number of aryl methyl sites for hydroxylation is 2. The molecule has 1 rings (SSSR count). The zero-order valence-corrected chi connectivity index (χ0v) is 11.9. The highest BCUT2D eigenvalue weighted by atomic mass is 32.2. The van der Waals surface area contributed by atoms with E-state index in [1.165, 1.54) is 0 Å². The summed E-state index contributed by atoms with van der Waals surface area (Å²) in [6.07, 6.45) is 0. The Morgan fingerprint density at radius 2 is 2.18 bits per heavy atom. The molecule has 0 spiro atoms. The van der Waals surface area contributed by atoms with Crippen molar-refractivity contribution in [2.75, 3.05) is 12.4 Å². The fraction of sp³-hybridized carbons (Fsp3) is 0.667. The first-order valence-electron chi connectivity index (χ1n) is 5.61. The third-order valence-corrected chi connectivity index (χ3v) is 3.41. The van der Waals surface area contributed by atoms with Crippen molar-refractivity contribution in [1.29, 1.82) is 0 Å². The molecule has 5 heteroatoms. The molecule has 0 aromatic carbocycles. The van der Waals surface area contributed by atoms with Crippen molar-refractivity contribution in [2.24, 2.45) is 7.05 Å². The lowest BCUT2D eigenvalue weighted by Gasteiger charge is -2.16. The van der Waals surface area contributed by atoms with E-state index in [0.29, 0.717) is 12.3 Å². The van der Waals surface area contributed by atoms with Gasteiger partial charge in [-0.15, -0.1) is 0 Å². The van der Waals surface area contributed by atoms with E-state index in [1.54, 1.807) is 22.5 Å². The van der Waals surface area contributed by atoms with E-state index in [4.69, 9.17) is 4.74 Å². The Bertz CT molecular complexity index is 374. The van der Waals surface area contributed by atoms with Crippen molar-refractivity contribution in [1.82, 2.24) is 9.78 Å². The van der Waals surface area contributed by atoms with E-state index in [1.807, 2.05) is 14.0 Å². The highest BCUT2D eigenvalue weighted by molar-refractivity contribution is 8.00. The van der Waals surface area contributed by atoms with Crippen LogP contribution >= 0.6 is 11.8 Å². The molecule has 4 nitrogen and oxygen atoms in total. The summed E-state index contributed by atoms with van der Waals surface area (Å²) in [4.78, 5) is 11.6. The van der Waals surface area contributed by atoms with Gasteiger partial charge >= 0.3 is 5.97 Å². The fourth-order valence-electron chi connectivity index (χ4n) is 1.22. The van der Waals surface area contributed by atoms with Crippen molar-refractivity contribution in [2.45, 2.75) is 32.4 Å². The maximum Gasteiger partial charge on any atom is 0.358 e. The van der Waals surface area contributed by atoms with E-state index in [0.717, 1.165) is 11.4 Å². The van der Waals surface area contributed by atoms with Gasteiger partial charge in [0, 0.05) is 23.2 Å². The Kier molecular flexibility index (Phi) is 4.62. The van der Waals surface area contributed by atoms with E-state index in [-0.39, 0.29) is 10.7 Å². The summed E-state index contributed by atoms with van der Waals surface area (Å²) in [5.41, 5.74) is 1.33. The second-order valence-electron chi connectivity index (χ2n) is 4.89. The van der Waals surface area contributed by atoms with Crippen molar-refractivity contribution in [3.63, 3.8) is 0 Å². The maximum absolute atomic E-state index is 11.6.